The number of thioether (sulfide) groups is 1. The molecular formula is C17H13NO3S2. The highest BCUT2D eigenvalue weighted by Gasteiger charge is 2.33. The molecule has 3 rings (SSSR count). The highest BCUT2D eigenvalue weighted by Crippen LogP contribution is 2.37. The van der Waals surface area contributed by atoms with Crippen molar-refractivity contribution in [2.45, 2.75) is 0 Å². The van der Waals surface area contributed by atoms with Crippen molar-refractivity contribution in [1.82, 2.24) is 0 Å². The first-order valence-electron chi connectivity index (χ1n) is 6.80. The van der Waals surface area contributed by atoms with E-state index in [0.717, 1.165) is 5.69 Å². The van der Waals surface area contributed by atoms with E-state index < -0.39 is 0 Å². The SMILES string of the molecule is COc1ccc(/C=C2\SC(=S)N(c3ccccc3)C2=O)c(O)c1. The van der Waals surface area contributed by atoms with Gasteiger partial charge in [0.1, 0.15) is 11.5 Å². The minimum atomic E-state index is -0.193. The highest BCUT2D eigenvalue weighted by atomic mass is 32.2. The number of hydrogen-bond acceptors (Lipinski definition) is 5. The zero-order valence-electron chi connectivity index (χ0n) is 12.2. The maximum absolute atomic E-state index is 12.6. The Morgan fingerprint density at radius 1 is 1.22 bits per heavy atom. The smallest absolute Gasteiger partial charge is 0.270 e. The topological polar surface area (TPSA) is 49.8 Å². The van der Waals surface area contributed by atoms with Crippen molar-refractivity contribution in [3.05, 3.63) is 59.0 Å². The number of methoxy groups -OCH3 is 1. The summed E-state index contributed by atoms with van der Waals surface area (Å²) in [5.74, 6) is 0.409. The molecule has 1 heterocycles. The lowest BCUT2D eigenvalue weighted by molar-refractivity contribution is -0.113. The van der Waals surface area contributed by atoms with Crippen LogP contribution in [0.25, 0.3) is 6.08 Å². The molecule has 1 saturated heterocycles. The van der Waals surface area contributed by atoms with Crippen LogP contribution < -0.4 is 9.64 Å². The van der Waals surface area contributed by atoms with E-state index in [2.05, 4.69) is 0 Å². The summed E-state index contributed by atoms with van der Waals surface area (Å²) in [5.41, 5.74) is 1.27. The number of rotatable bonds is 3. The van der Waals surface area contributed by atoms with Gasteiger partial charge in [-0.2, -0.15) is 0 Å². The van der Waals surface area contributed by atoms with E-state index in [1.54, 1.807) is 18.2 Å². The molecule has 0 bridgehead atoms. The molecule has 1 aliphatic rings. The maximum Gasteiger partial charge on any atom is 0.270 e. The van der Waals surface area contributed by atoms with Crippen molar-refractivity contribution in [2.24, 2.45) is 0 Å². The molecule has 1 N–H and O–H groups in total. The van der Waals surface area contributed by atoms with Crippen molar-refractivity contribution in [1.29, 1.82) is 0 Å². The lowest BCUT2D eigenvalue weighted by Crippen LogP contribution is -2.27. The molecule has 0 saturated carbocycles. The number of hydrogen-bond donors (Lipinski definition) is 1. The van der Waals surface area contributed by atoms with Crippen LogP contribution >= 0.6 is 24.0 Å². The molecular weight excluding hydrogens is 330 g/mol. The summed E-state index contributed by atoms with van der Waals surface area (Å²) in [7, 11) is 1.53. The molecule has 2 aromatic carbocycles. The largest absolute Gasteiger partial charge is 0.507 e. The average Bonchev–Trinajstić information content (AvgIpc) is 2.84. The van der Waals surface area contributed by atoms with Gasteiger partial charge in [0, 0.05) is 11.6 Å². The number of benzene rings is 2. The molecule has 0 radical (unpaired) electrons. The maximum atomic E-state index is 12.6. The van der Waals surface area contributed by atoms with Gasteiger partial charge in [0.25, 0.3) is 5.91 Å². The molecule has 1 fully saturated rings. The Hall–Kier alpha value is -2.31. The third kappa shape index (κ3) is 3.09. The lowest BCUT2D eigenvalue weighted by Gasteiger charge is -2.13. The molecule has 6 heteroatoms. The van der Waals surface area contributed by atoms with Crippen molar-refractivity contribution in [2.75, 3.05) is 12.0 Å². The van der Waals surface area contributed by atoms with Gasteiger partial charge in [-0.1, -0.05) is 42.2 Å². The Morgan fingerprint density at radius 3 is 2.61 bits per heavy atom. The van der Waals surface area contributed by atoms with Crippen molar-refractivity contribution in [3.63, 3.8) is 0 Å². The fourth-order valence-electron chi connectivity index (χ4n) is 2.18. The first-order chi connectivity index (χ1) is 11.1. The van der Waals surface area contributed by atoms with Crippen molar-refractivity contribution in [3.8, 4) is 11.5 Å². The van der Waals surface area contributed by atoms with Gasteiger partial charge in [-0.3, -0.25) is 9.69 Å². The molecule has 0 unspecified atom stereocenters. The number of anilines is 1. The molecule has 0 spiro atoms. The third-order valence-corrected chi connectivity index (χ3v) is 4.63. The van der Waals surface area contributed by atoms with Crippen LogP contribution in [0, 0.1) is 0 Å². The van der Waals surface area contributed by atoms with E-state index in [0.29, 0.717) is 20.5 Å². The van der Waals surface area contributed by atoms with E-state index in [1.165, 1.54) is 29.8 Å². The van der Waals surface area contributed by atoms with E-state index in [-0.39, 0.29) is 11.7 Å². The second-order valence-electron chi connectivity index (χ2n) is 4.78. The van der Waals surface area contributed by atoms with Crippen LogP contribution in [0.5, 0.6) is 11.5 Å². The van der Waals surface area contributed by atoms with Gasteiger partial charge in [0.15, 0.2) is 4.32 Å². The fraction of sp³-hybridized carbons (Fsp3) is 0.0588. The van der Waals surface area contributed by atoms with E-state index in [9.17, 15) is 9.90 Å². The number of nitrogens with zero attached hydrogens (tertiary/aromatic N) is 1. The number of carbonyl (C=O) groups excluding carboxylic acids is 1. The van der Waals surface area contributed by atoms with Crippen LogP contribution in [0.15, 0.2) is 53.4 Å². The number of amides is 1. The Kier molecular flexibility index (Phi) is 4.36. The Bertz CT molecular complexity index is 803. The number of thiocarbonyl (C=S) groups is 1. The predicted octanol–water partition coefficient (Wildman–Crippen LogP) is 3.81. The normalized spacial score (nSPS) is 16.2. The van der Waals surface area contributed by atoms with Crippen LogP contribution in [0.4, 0.5) is 5.69 Å². The number of phenolic OH excluding ortho intramolecular Hbond substituents is 1. The van der Waals surface area contributed by atoms with Crippen LogP contribution in [-0.4, -0.2) is 22.4 Å². The summed E-state index contributed by atoms with van der Waals surface area (Å²) in [4.78, 5) is 14.6. The standard InChI is InChI=1S/C17H13NO3S2/c1-21-13-8-7-11(14(19)10-13)9-15-16(20)18(17(22)23-15)12-5-3-2-4-6-12/h2-10,19H,1H3/b15-9-. The number of aromatic hydroxyl groups is 1. The fourth-order valence-corrected chi connectivity index (χ4v) is 3.47. The summed E-state index contributed by atoms with van der Waals surface area (Å²) in [6.07, 6.45) is 1.64. The number of carbonyl (C=O) groups is 1. The molecule has 1 amide bonds. The molecule has 116 valence electrons. The molecule has 4 nitrogen and oxygen atoms in total. The highest BCUT2D eigenvalue weighted by molar-refractivity contribution is 8.27. The Balaban J connectivity index is 1.93. The lowest BCUT2D eigenvalue weighted by atomic mass is 10.1. The van der Waals surface area contributed by atoms with Gasteiger partial charge in [0.05, 0.1) is 17.7 Å². The van der Waals surface area contributed by atoms with Crippen LogP contribution in [0.2, 0.25) is 0 Å². The molecule has 0 aromatic heterocycles. The van der Waals surface area contributed by atoms with E-state index in [1.807, 2.05) is 30.3 Å². The first kappa shape index (κ1) is 15.6. The Labute approximate surface area is 143 Å². The van der Waals surface area contributed by atoms with E-state index in [4.69, 9.17) is 17.0 Å². The summed E-state index contributed by atoms with van der Waals surface area (Å²) in [5, 5.41) is 10.0. The first-order valence-corrected chi connectivity index (χ1v) is 8.02. The number of ether oxygens (including phenoxy) is 1. The average molecular weight is 343 g/mol. The minimum absolute atomic E-state index is 0.0503. The van der Waals surface area contributed by atoms with Gasteiger partial charge in [0.2, 0.25) is 0 Å². The van der Waals surface area contributed by atoms with Crippen LogP contribution in [0.1, 0.15) is 5.56 Å². The van der Waals surface area contributed by atoms with Gasteiger partial charge in [-0.25, -0.2) is 0 Å². The van der Waals surface area contributed by atoms with E-state index >= 15 is 0 Å². The summed E-state index contributed by atoms with van der Waals surface area (Å²) in [6.45, 7) is 0. The molecule has 0 atom stereocenters. The van der Waals surface area contributed by atoms with Gasteiger partial charge in [-0.05, 0) is 30.3 Å². The van der Waals surface area contributed by atoms with Crippen molar-refractivity contribution >= 4 is 46.0 Å². The van der Waals surface area contributed by atoms with Gasteiger partial charge < -0.3 is 9.84 Å². The second kappa shape index (κ2) is 6.44. The van der Waals surface area contributed by atoms with Crippen molar-refractivity contribution < 1.29 is 14.6 Å². The monoisotopic (exact) mass is 343 g/mol. The summed E-state index contributed by atoms with van der Waals surface area (Å²) < 4.78 is 5.52. The van der Waals surface area contributed by atoms with Gasteiger partial charge in [-0.15, -0.1) is 0 Å². The Morgan fingerprint density at radius 2 is 1.96 bits per heavy atom. The summed E-state index contributed by atoms with van der Waals surface area (Å²) >= 11 is 6.53. The zero-order valence-corrected chi connectivity index (χ0v) is 13.9. The zero-order chi connectivity index (χ0) is 16.4. The van der Waals surface area contributed by atoms with Crippen LogP contribution in [-0.2, 0) is 4.79 Å². The third-order valence-electron chi connectivity index (χ3n) is 3.33. The minimum Gasteiger partial charge on any atom is -0.507 e. The molecule has 23 heavy (non-hydrogen) atoms. The number of para-hydroxylation sites is 1. The predicted molar refractivity (Wildman–Crippen MR) is 96.8 cm³/mol. The quantitative estimate of drug-likeness (QED) is 0.678. The molecule has 1 aliphatic heterocycles. The molecule has 2 aromatic rings. The van der Waals surface area contributed by atoms with Crippen LogP contribution in [0.3, 0.4) is 0 Å². The number of phenols is 1. The summed E-state index contributed by atoms with van der Waals surface area (Å²) in [6, 6.07) is 14.2. The second-order valence-corrected chi connectivity index (χ2v) is 6.45. The van der Waals surface area contributed by atoms with Gasteiger partial charge >= 0.3 is 0 Å². The molecule has 0 aliphatic carbocycles.